The molecule has 3 N–H and O–H groups in total. The molecule has 0 atom stereocenters. The lowest BCUT2D eigenvalue weighted by Gasteiger charge is -2.26. The fraction of sp³-hybridized carbons (Fsp3) is 0.476. The van der Waals surface area contributed by atoms with Crippen molar-refractivity contribution >= 4 is 32.9 Å². The van der Waals surface area contributed by atoms with Crippen molar-refractivity contribution < 1.29 is 27.8 Å². The van der Waals surface area contributed by atoms with Crippen LogP contribution in [0.5, 0.6) is 11.5 Å². The quantitative estimate of drug-likeness (QED) is 0.547. The number of ether oxygens (including phenoxy) is 2. The second-order valence-corrected chi connectivity index (χ2v) is 9.26. The largest absolute Gasteiger partial charge is 0.493 e. The molecule has 0 radical (unpaired) electrons. The number of amides is 1. The first-order chi connectivity index (χ1) is 16.2. The Morgan fingerprint density at radius 3 is 2.56 bits per heavy atom. The smallest absolute Gasteiger partial charge is 0.422 e. The Bertz CT molecular complexity index is 1200. The number of fused-ring (bicyclic) bond motifs is 1. The highest BCUT2D eigenvalue weighted by atomic mass is 32.2. The van der Waals surface area contributed by atoms with Gasteiger partial charge in [-0.25, -0.2) is 9.93 Å². The Morgan fingerprint density at radius 1 is 1.24 bits per heavy atom. The van der Waals surface area contributed by atoms with E-state index >= 15 is 0 Å². The Balaban J connectivity index is 1.77. The predicted molar refractivity (Wildman–Crippen MR) is 125 cm³/mol. The molecule has 3 rings (SSSR count). The van der Waals surface area contributed by atoms with Gasteiger partial charge in [0.25, 0.3) is 0 Å². The van der Waals surface area contributed by atoms with Gasteiger partial charge in [0.2, 0.25) is 0 Å². The highest BCUT2D eigenvalue weighted by molar-refractivity contribution is 7.87. The molecule has 1 aliphatic rings. The second-order valence-electron chi connectivity index (χ2n) is 7.79. The summed E-state index contributed by atoms with van der Waals surface area (Å²) in [5.41, 5.74) is 1.92. The molecule has 184 valence electrons. The van der Waals surface area contributed by atoms with Crippen molar-refractivity contribution in [3.63, 3.8) is 0 Å². The maximum absolute atomic E-state index is 11.4. The summed E-state index contributed by atoms with van der Waals surface area (Å²) in [6.07, 6.45) is 1.09. The van der Waals surface area contributed by atoms with Crippen LogP contribution in [0.25, 0.3) is 10.9 Å². The second kappa shape index (κ2) is 10.7. The van der Waals surface area contributed by atoms with Gasteiger partial charge in [-0.15, -0.1) is 0 Å². The number of pyridine rings is 1. The van der Waals surface area contributed by atoms with Crippen molar-refractivity contribution in [1.29, 1.82) is 5.26 Å². The van der Waals surface area contributed by atoms with Crippen molar-refractivity contribution in [3.8, 4) is 17.6 Å². The third-order valence-electron chi connectivity index (χ3n) is 5.73. The van der Waals surface area contributed by atoms with E-state index < -0.39 is 16.3 Å². The number of hydrogen-bond donors (Lipinski definition) is 2. The number of aromatic nitrogens is 1. The maximum atomic E-state index is 11.4. The van der Waals surface area contributed by atoms with Gasteiger partial charge in [0, 0.05) is 43.8 Å². The molecule has 1 aromatic heterocycles. The number of benzene rings is 1. The first kappa shape index (κ1) is 25.3. The van der Waals surface area contributed by atoms with Gasteiger partial charge in [0.05, 0.1) is 31.0 Å². The van der Waals surface area contributed by atoms with Crippen molar-refractivity contribution in [2.75, 3.05) is 58.4 Å². The monoisotopic (exact) mass is 492 g/mol. The van der Waals surface area contributed by atoms with E-state index in [4.69, 9.17) is 19.7 Å². The number of anilines is 1. The van der Waals surface area contributed by atoms with Gasteiger partial charge in [-0.05, 0) is 32.0 Å². The van der Waals surface area contributed by atoms with Crippen molar-refractivity contribution in [2.24, 2.45) is 5.14 Å². The predicted octanol–water partition coefficient (Wildman–Crippen LogP) is 1.21. The van der Waals surface area contributed by atoms with E-state index in [1.165, 1.54) is 0 Å². The summed E-state index contributed by atoms with van der Waals surface area (Å²) >= 11 is 0. The average molecular weight is 493 g/mol. The van der Waals surface area contributed by atoms with Crippen molar-refractivity contribution in [1.82, 2.24) is 14.2 Å². The molecule has 0 aliphatic carbocycles. The number of nitrogens with two attached hydrogens (primary N) is 1. The third kappa shape index (κ3) is 5.58. The first-order valence-electron chi connectivity index (χ1n) is 10.6. The lowest BCUT2D eigenvalue weighted by molar-refractivity contribution is 0.170. The van der Waals surface area contributed by atoms with Gasteiger partial charge in [-0.2, -0.15) is 18.0 Å². The van der Waals surface area contributed by atoms with Crippen LogP contribution in [-0.2, 0) is 10.2 Å². The van der Waals surface area contributed by atoms with Crippen LogP contribution in [0.15, 0.2) is 18.3 Å². The van der Waals surface area contributed by atoms with Gasteiger partial charge < -0.3 is 24.4 Å². The summed E-state index contributed by atoms with van der Waals surface area (Å²) in [6, 6.07) is 5.84. The topological polar surface area (TPSA) is 162 Å². The van der Waals surface area contributed by atoms with Crippen LogP contribution in [0.4, 0.5) is 10.5 Å². The van der Waals surface area contributed by atoms with Crippen molar-refractivity contribution in [3.05, 3.63) is 23.9 Å². The molecule has 12 nitrogen and oxygen atoms in total. The molecule has 34 heavy (non-hydrogen) atoms. The number of hydrogen-bond acceptors (Lipinski definition) is 9. The van der Waals surface area contributed by atoms with Crippen LogP contribution in [0, 0.1) is 11.3 Å². The van der Waals surface area contributed by atoms with Gasteiger partial charge in [-0.3, -0.25) is 4.98 Å². The van der Waals surface area contributed by atoms with Crippen LogP contribution < -0.4 is 19.5 Å². The number of carboxylic acid groups (broad SMARTS) is 1. The van der Waals surface area contributed by atoms with Gasteiger partial charge in [-0.1, -0.05) is 0 Å². The van der Waals surface area contributed by atoms with Gasteiger partial charge in [0.15, 0.2) is 11.5 Å². The van der Waals surface area contributed by atoms with Crippen molar-refractivity contribution in [2.45, 2.75) is 12.8 Å². The van der Waals surface area contributed by atoms with Crippen LogP contribution in [0.3, 0.4) is 0 Å². The summed E-state index contributed by atoms with van der Waals surface area (Å²) in [5, 5.41) is 24.6. The summed E-state index contributed by atoms with van der Waals surface area (Å²) in [7, 11) is -1.20. The molecule has 1 saturated heterocycles. The normalized spacial score (nSPS) is 14.9. The molecule has 0 unspecified atom stereocenters. The fourth-order valence-corrected chi connectivity index (χ4v) is 4.72. The zero-order valence-electron chi connectivity index (χ0n) is 19.1. The van der Waals surface area contributed by atoms with Gasteiger partial charge >= 0.3 is 16.3 Å². The SMILES string of the molecule is COc1cc2ncc(C#N)c(N3CCCN(CCCN(C(=O)O)S(N)(=O)=O)CC3)c2cc1OC. The zero-order valence-corrected chi connectivity index (χ0v) is 19.9. The number of methoxy groups -OCH3 is 2. The van der Waals surface area contributed by atoms with Crippen LogP contribution in [0.2, 0.25) is 0 Å². The molecular formula is C21H28N6O6S. The number of rotatable bonds is 8. The van der Waals surface area contributed by atoms with Gasteiger partial charge in [0.1, 0.15) is 6.07 Å². The van der Waals surface area contributed by atoms with Crippen LogP contribution >= 0.6 is 0 Å². The molecule has 0 bridgehead atoms. The Morgan fingerprint density at radius 2 is 1.94 bits per heavy atom. The molecular weight excluding hydrogens is 464 g/mol. The molecule has 0 saturated carbocycles. The standard InChI is InChI=1S/C21H28N6O6S/c1-32-18-11-16-17(12-19(18)33-2)24-14-15(13-22)20(16)26-7-3-5-25(9-10-26)6-4-8-27(21(28)29)34(23,30)31/h11-12,14H,3-10H2,1-2H3,(H,28,29)(H2,23,30,31). The minimum absolute atomic E-state index is 0.205. The summed E-state index contributed by atoms with van der Waals surface area (Å²) in [6.45, 7) is 3.05. The minimum Gasteiger partial charge on any atom is -0.493 e. The summed E-state index contributed by atoms with van der Waals surface area (Å²) in [4.78, 5) is 19.8. The summed E-state index contributed by atoms with van der Waals surface area (Å²) < 4.78 is 33.9. The van der Waals surface area contributed by atoms with Crippen LogP contribution in [0.1, 0.15) is 18.4 Å². The van der Waals surface area contributed by atoms with E-state index in [2.05, 4.69) is 20.9 Å². The molecule has 2 aromatic rings. The van der Waals surface area contributed by atoms with Crippen LogP contribution in [-0.4, -0.2) is 87.3 Å². The molecule has 1 amide bonds. The number of nitriles is 1. The molecule has 0 spiro atoms. The lowest BCUT2D eigenvalue weighted by Crippen LogP contribution is -2.42. The number of carbonyl (C=O) groups is 1. The molecule has 1 aliphatic heterocycles. The molecule has 1 fully saturated rings. The maximum Gasteiger partial charge on any atom is 0.422 e. The van der Waals surface area contributed by atoms with E-state index in [0.29, 0.717) is 55.2 Å². The molecule has 1 aromatic carbocycles. The van der Waals surface area contributed by atoms with E-state index in [1.807, 2.05) is 6.07 Å². The Kier molecular flexibility index (Phi) is 7.98. The zero-order chi connectivity index (χ0) is 24.9. The Labute approximate surface area is 198 Å². The number of nitrogens with zero attached hydrogens (tertiary/aromatic N) is 5. The van der Waals surface area contributed by atoms with E-state index in [9.17, 15) is 18.5 Å². The fourth-order valence-electron chi connectivity index (χ4n) is 4.12. The molecule has 2 heterocycles. The van der Waals surface area contributed by atoms with E-state index in [0.717, 1.165) is 24.0 Å². The average Bonchev–Trinajstić information content (AvgIpc) is 3.04. The first-order valence-corrected chi connectivity index (χ1v) is 12.2. The Hall–Kier alpha value is -3.34. The minimum atomic E-state index is -4.31. The lowest BCUT2D eigenvalue weighted by atomic mass is 10.1. The highest BCUT2D eigenvalue weighted by Crippen LogP contribution is 2.37. The molecule has 13 heteroatoms. The summed E-state index contributed by atoms with van der Waals surface area (Å²) in [5.74, 6) is 1.09. The van der Waals surface area contributed by atoms with E-state index in [1.54, 1.807) is 26.5 Å². The van der Waals surface area contributed by atoms with E-state index in [-0.39, 0.29) is 10.8 Å². The third-order valence-corrected chi connectivity index (χ3v) is 6.68. The highest BCUT2D eigenvalue weighted by Gasteiger charge is 2.24.